The first-order valence-corrected chi connectivity index (χ1v) is 9.76. The molecule has 28 heavy (non-hydrogen) atoms. The van der Waals surface area contributed by atoms with Gasteiger partial charge < -0.3 is 4.74 Å². The molecule has 2 aromatic rings. The van der Waals surface area contributed by atoms with Gasteiger partial charge in [0, 0.05) is 24.9 Å². The third-order valence-electron chi connectivity index (χ3n) is 4.12. The van der Waals surface area contributed by atoms with E-state index < -0.39 is 45.3 Å². The van der Waals surface area contributed by atoms with Crippen molar-refractivity contribution in [3.8, 4) is 5.88 Å². The molecule has 1 atom stereocenters. The highest BCUT2D eigenvalue weighted by Crippen LogP contribution is 2.31. The first-order chi connectivity index (χ1) is 13.0. The average molecular weight is 422 g/mol. The maximum atomic E-state index is 13.2. The molecule has 1 aromatic heterocycles. The zero-order valence-electron chi connectivity index (χ0n) is 14.3. The van der Waals surface area contributed by atoms with Gasteiger partial charge in [-0.2, -0.15) is 17.5 Å². The Morgan fingerprint density at radius 1 is 1.14 bits per heavy atom. The van der Waals surface area contributed by atoms with Crippen LogP contribution in [-0.2, 0) is 22.0 Å². The summed E-state index contributed by atoms with van der Waals surface area (Å²) in [6.07, 6.45) is -4.03. The number of alkyl halides is 3. The summed E-state index contributed by atoms with van der Waals surface area (Å²) in [6, 6.07) is 4.04. The molecule has 1 fully saturated rings. The van der Waals surface area contributed by atoms with E-state index in [1.54, 1.807) is 0 Å². The van der Waals surface area contributed by atoms with E-state index in [1.807, 2.05) is 0 Å². The van der Waals surface area contributed by atoms with E-state index in [4.69, 9.17) is 4.74 Å². The summed E-state index contributed by atoms with van der Waals surface area (Å²) in [7, 11) is -3.88. The molecule has 2 heterocycles. The Labute approximate surface area is 157 Å². The Morgan fingerprint density at radius 3 is 2.46 bits per heavy atom. The van der Waals surface area contributed by atoms with Gasteiger partial charge in [-0.15, -0.1) is 0 Å². The smallest absolute Gasteiger partial charge is 0.416 e. The summed E-state index contributed by atoms with van der Waals surface area (Å²) < 4.78 is 96.1. The van der Waals surface area contributed by atoms with E-state index in [2.05, 4.69) is 4.98 Å². The van der Waals surface area contributed by atoms with Crippen LogP contribution in [0.15, 0.2) is 36.5 Å². The maximum absolute atomic E-state index is 13.2. The van der Waals surface area contributed by atoms with Gasteiger partial charge in [0.1, 0.15) is 17.7 Å². The van der Waals surface area contributed by atoms with Gasteiger partial charge in [-0.05, 0) is 30.2 Å². The summed E-state index contributed by atoms with van der Waals surface area (Å²) in [6.45, 7) is -0.0260. The summed E-state index contributed by atoms with van der Waals surface area (Å²) in [4.78, 5) is 3.72. The van der Waals surface area contributed by atoms with Crippen LogP contribution in [0.2, 0.25) is 0 Å². The highest BCUT2D eigenvalue weighted by atomic mass is 32.2. The van der Waals surface area contributed by atoms with Crippen molar-refractivity contribution in [3.63, 3.8) is 0 Å². The van der Waals surface area contributed by atoms with Crippen molar-refractivity contribution in [3.05, 3.63) is 59.3 Å². The molecule has 5 nitrogen and oxygen atoms in total. The van der Waals surface area contributed by atoms with E-state index in [1.165, 1.54) is 0 Å². The predicted octanol–water partition coefficient (Wildman–Crippen LogP) is 3.36. The molecule has 0 spiro atoms. The molecule has 1 aliphatic rings. The highest BCUT2D eigenvalue weighted by molar-refractivity contribution is 7.88. The molecule has 0 saturated carbocycles. The fourth-order valence-electron chi connectivity index (χ4n) is 2.86. The molecule has 0 radical (unpaired) electrons. The number of halogens is 5. The molecule has 0 amide bonds. The van der Waals surface area contributed by atoms with E-state index in [0.29, 0.717) is 6.07 Å². The molecule has 1 saturated heterocycles. The van der Waals surface area contributed by atoms with E-state index in [0.717, 1.165) is 34.8 Å². The van der Waals surface area contributed by atoms with Crippen LogP contribution in [0.25, 0.3) is 0 Å². The number of pyridine rings is 1. The molecule has 1 aliphatic heterocycles. The first kappa shape index (κ1) is 20.5. The minimum atomic E-state index is -4.55. The van der Waals surface area contributed by atoms with E-state index in [-0.39, 0.29) is 31.0 Å². The van der Waals surface area contributed by atoms with Crippen molar-refractivity contribution in [2.75, 3.05) is 13.1 Å². The molecular formula is C17H15F5N2O3S. The van der Waals surface area contributed by atoms with Gasteiger partial charge in [-0.3, -0.25) is 0 Å². The lowest BCUT2D eigenvalue weighted by atomic mass is 10.2. The molecule has 0 bridgehead atoms. The second-order valence-electron chi connectivity index (χ2n) is 6.30. The van der Waals surface area contributed by atoms with E-state index >= 15 is 0 Å². The van der Waals surface area contributed by atoms with Crippen LogP contribution in [0.1, 0.15) is 17.5 Å². The Bertz CT molecular complexity index is 945. The predicted molar refractivity (Wildman–Crippen MR) is 88.8 cm³/mol. The summed E-state index contributed by atoms with van der Waals surface area (Å²) >= 11 is 0. The molecule has 0 aliphatic carbocycles. The Hall–Kier alpha value is -2.27. The normalized spacial score (nSPS) is 18.4. The molecule has 11 heteroatoms. The van der Waals surface area contributed by atoms with Gasteiger partial charge in [0.2, 0.25) is 15.9 Å². The number of hydrogen-bond donors (Lipinski definition) is 0. The van der Waals surface area contributed by atoms with Gasteiger partial charge >= 0.3 is 6.18 Å². The van der Waals surface area contributed by atoms with Gasteiger partial charge in [0.05, 0.1) is 17.9 Å². The Kier molecular flexibility index (Phi) is 5.57. The van der Waals surface area contributed by atoms with Crippen LogP contribution in [0.4, 0.5) is 22.0 Å². The lowest BCUT2D eigenvalue weighted by Gasteiger charge is -2.17. The lowest BCUT2D eigenvalue weighted by molar-refractivity contribution is -0.137. The number of aromatic nitrogens is 1. The van der Waals surface area contributed by atoms with Crippen molar-refractivity contribution in [1.82, 2.24) is 9.29 Å². The monoisotopic (exact) mass is 422 g/mol. The Morgan fingerprint density at radius 2 is 1.82 bits per heavy atom. The number of benzene rings is 1. The van der Waals surface area contributed by atoms with Gasteiger partial charge in [-0.1, -0.05) is 0 Å². The molecule has 1 aromatic carbocycles. The molecule has 3 rings (SSSR count). The Balaban J connectivity index is 1.66. The van der Waals surface area contributed by atoms with Crippen LogP contribution in [0.3, 0.4) is 0 Å². The van der Waals surface area contributed by atoms with Crippen LogP contribution < -0.4 is 4.74 Å². The fourth-order valence-corrected chi connectivity index (χ4v) is 4.41. The minimum Gasteiger partial charge on any atom is -0.473 e. The quantitative estimate of drug-likeness (QED) is 0.694. The molecule has 0 N–H and O–H groups in total. The zero-order chi connectivity index (χ0) is 20.5. The molecular weight excluding hydrogens is 407 g/mol. The zero-order valence-corrected chi connectivity index (χ0v) is 15.1. The van der Waals surface area contributed by atoms with Crippen molar-refractivity contribution in [2.24, 2.45) is 0 Å². The summed E-state index contributed by atoms with van der Waals surface area (Å²) in [5.74, 6) is -2.63. The molecule has 1 unspecified atom stereocenters. The third-order valence-corrected chi connectivity index (χ3v) is 5.94. The molecule has 152 valence electrons. The average Bonchev–Trinajstić information content (AvgIpc) is 3.02. The van der Waals surface area contributed by atoms with Gasteiger partial charge in [0.15, 0.2) is 0 Å². The van der Waals surface area contributed by atoms with Crippen molar-refractivity contribution in [1.29, 1.82) is 0 Å². The third kappa shape index (κ3) is 4.96. The van der Waals surface area contributed by atoms with Crippen molar-refractivity contribution < 1.29 is 35.1 Å². The van der Waals surface area contributed by atoms with Gasteiger partial charge in [-0.25, -0.2) is 22.2 Å². The van der Waals surface area contributed by atoms with E-state index in [9.17, 15) is 30.4 Å². The van der Waals surface area contributed by atoms with Crippen molar-refractivity contribution >= 4 is 10.0 Å². The van der Waals surface area contributed by atoms with Crippen LogP contribution in [-0.4, -0.2) is 36.9 Å². The number of nitrogens with zero attached hydrogens (tertiary/aromatic N) is 2. The number of hydrogen-bond acceptors (Lipinski definition) is 4. The topological polar surface area (TPSA) is 59.5 Å². The second-order valence-corrected chi connectivity index (χ2v) is 8.27. The van der Waals surface area contributed by atoms with Gasteiger partial charge in [0.25, 0.3) is 0 Å². The maximum Gasteiger partial charge on any atom is 0.416 e. The SMILES string of the molecule is O=S(=O)(Cc1cc(F)cc(F)c1)N1CCC(Oc2cc(C(F)(F)F)ccn2)C1. The minimum absolute atomic E-state index is 0.0404. The summed E-state index contributed by atoms with van der Waals surface area (Å²) in [5, 5.41) is 0. The van der Waals surface area contributed by atoms with Crippen LogP contribution >= 0.6 is 0 Å². The lowest BCUT2D eigenvalue weighted by Crippen LogP contribution is -2.32. The van der Waals surface area contributed by atoms with Crippen molar-refractivity contribution in [2.45, 2.75) is 24.5 Å². The highest BCUT2D eigenvalue weighted by Gasteiger charge is 2.34. The first-order valence-electron chi connectivity index (χ1n) is 8.16. The second kappa shape index (κ2) is 7.63. The van der Waals surface area contributed by atoms with Crippen LogP contribution in [0.5, 0.6) is 5.88 Å². The fraction of sp³-hybridized carbons (Fsp3) is 0.353. The largest absolute Gasteiger partial charge is 0.473 e. The number of ether oxygens (including phenoxy) is 1. The summed E-state index contributed by atoms with van der Waals surface area (Å²) in [5.41, 5.74) is -0.963. The number of sulfonamides is 1. The van der Waals surface area contributed by atoms with Crippen LogP contribution in [0, 0.1) is 11.6 Å². The standard InChI is InChI=1S/C17H15F5N2O3S/c18-13-5-11(6-14(19)8-13)10-28(25,26)24-4-2-15(9-24)27-16-7-12(1-3-23-16)17(20,21)22/h1,3,5-8,15H,2,4,9-10H2. The number of rotatable bonds is 5.